The number of nitrogens with one attached hydrogen (secondary N) is 1. The van der Waals surface area contributed by atoms with Crippen LogP contribution in [0.4, 0.5) is 24.5 Å². The van der Waals surface area contributed by atoms with Gasteiger partial charge in [-0.25, -0.2) is 0 Å². The molecule has 0 saturated carbocycles. The Morgan fingerprint density at radius 2 is 2.11 bits per heavy atom. The molecule has 102 valence electrons. The maximum Gasteiger partial charge on any atom is 0.418 e. The highest BCUT2D eigenvalue weighted by Gasteiger charge is 2.33. The summed E-state index contributed by atoms with van der Waals surface area (Å²) < 4.78 is 42.4. The molecule has 18 heavy (non-hydrogen) atoms. The van der Waals surface area contributed by atoms with Crippen LogP contribution < -0.4 is 11.1 Å². The average Bonchev–Trinajstić information content (AvgIpc) is 2.27. The van der Waals surface area contributed by atoms with Crippen molar-refractivity contribution in [1.82, 2.24) is 0 Å². The molecule has 0 bridgehead atoms. The molecule has 0 aliphatic rings. The number of alkyl halides is 3. The molecule has 7 heteroatoms. The lowest BCUT2D eigenvalue weighted by Gasteiger charge is -2.15. The van der Waals surface area contributed by atoms with Crippen molar-refractivity contribution in [2.45, 2.75) is 12.3 Å². The minimum Gasteiger partial charge on any atom is -0.398 e. The Bertz CT molecular complexity index is 396. The van der Waals surface area contributed by atoms with E-state index >= 15 is 0 Å². The van der Waals surface area contributed by atoms with Crippen molar-refractivity contribution in [2.75, 3.05) is 31.3 Å². The molecule has 0 aliphatic carbocycles. The van der Waals surface area contributed by atoms with Crippen LogP contribution in [0.15, 0.2) is 18.2 Å². The molecule has 4 nitrogen and oxygen atoms in total. The lowest BCUT2D eigenvalue weighted by molar-refractivity contribution is -0.136. The van der Waals surface area contributed by atoms with Crippen LogP contribution >= 0.6 is 0 Å². The topological polar surface area (TPSA) is 67.5 Å². The summed E-state index contributed by atoms with van der Waals surface area (Å²) in [5.41, 5.74) is 4.28. The third-order valence-electron chi connectivity index (χ3n) is 2.26. The number of anilines is 2. The summed E-state index contributed by atoms with van der Waals surface area (Å²) in [7, 11) is 1.42. The molecule has 0 aromatic heterocycles. The zero-order chi connectivity index (χ0) is 13.8. The summed E-state index contributed by atoms with van der Waals surface area (Å²) in [6, 6.07) is 3.51. The van der Waals surface area contributed by atoms with Crippen LogP contribution in [0.25, 0.3) is 0 Å². The number of rotatable bonds is 5. The van der Waals surface area contributed by atoms with Gasteiger partial charge in [-0.2, -0.15) is 13.2 Å². The second-order valence-electron chi connectivity index (χ2n) is 3.79. The Kier molecular flexibility index (Phi) is 4.80. The van der Waals surface area contributed by atoms with Crippen molar-refractivity contribution in [3.63, 3.8) is 0 Å². The second-order valence-corrected chi connectivity index (χ2v) is 3.79. The number of aliphatic hydroxyl groups is 1. The molecule has 4 N–H and O–H groups in total. The van der Waals surface area contributed by atoms with Gasteiger partial charge in [-0.3, -0.25) is 0 Å². The van der Waals surface area contributed by atoms with Crippen LogP contribution in [0.1, 0.15) is 5.56 Å². The quantitative estimate of drug-likeness (QED) is 0.708. The van der Waals surface area contributed by atoms with Crippen LogP contribution in [0, 0.1) is 0 Å². The molecule has 1 aromatic carbocycles. The molecule has 0 aliphatic heterocycles. The number of halogens is 3. The van der Waals surface area contributed by atoms with Gasteiger partial charge in [0.15, 0.2) is 0 Å². The average molecular weight is 264 g/mol. The highest BCUT2D eigenvalue weighted by Crippen LogP contribution is 2.35. The van der Waals surface area contributed by atoms with Gasteiger partial charge in [0.25, 0.3) is 0 Å². The molecule has 1 aromatic rings. The highest BCUT2D eigenvalue weighted by atomic mass is 19.4. The summed E-state index contributed by atoms with van der Waals surface area (Å²) in [5, 5.41) is 12.0. The first-order valence-electron chi connectivity index (χ1n) is 5.22. The fraction of sp³-hybridized carbons (Fsp3) is 0.455. The zero-order valence-electron chi connectivity index (χ0n) is 9.79. The Labute approximate surface area is 103 Å². The van der Waals surface area contributed by atoms with E-state index in [2.05, 4.69) is 5.32 Å². The molecule has 0 radical (unpaired) electrons. The SMILES string of the molecule is COCC(O)CNc1ccc(N)c(C(F)(F)F)c1. The summed E-state index contributed by atoms with van der Waals surface area (Å²) >= 11 is 0. The van der Waals surface area contributed by atoms with Gasteiger partial charge in [-0.05, 0) is 18.2 Å². The Balaban J connectivity index is 2.74. The van der Waals surface area contributed by atoms with E-state index in [-0.39, 0.29) is 24.5 Å². The van der Waals surface area contributed by atoms with E-state index in [4.69, 9.17) is 10.5 Å². The van der Waals surface area contributed by atoms with Gasteiger partial charge in [0.05, 0.1) is 18.3 Å². The molecule has 0 fully saturated rings. The van der Waals surface area contributed by atoms with Crippen molar-refractivity contribution in [2.24, 2.45) is 0 Å². The first kappa shape index (κ1) is 14.6. The largest absolute Gasteiger partial charge is 0.418 e. The number of nitrogen functional groups attached to an aromatic ring is 1. The molecule has 1 unspecified atom stereocenters. The van der Waals surface area contributed by atoms with Crippen LogP contribution in [0.3, 0.4) is 0 Å². The summed E-state index contributed by atoms with van der Waals surface area (Å²) in [4.78, 5) is 0. The molecular formula is C11H15F3N2O2. The van der Waals surface area contributed by atoms with Gasteiger partial charge in [0.1, 0.15) is 0 Å². The van der Waals surface area contributed by atoms with Crippen molar-refractivity contribution in [3.8, 4) is 0 Å². The van der Waals surface area contributed by atoms with Gasteiger partial charge in [0.2, 0.25) is 0 Å². The molecular weight excluding hydrogens is 249 g/mol. The number of nitrogens with two attached hydrogens (primary N) is 1. The number of benzene rings is 1. The zero-order valence-corrected chi connectivity index (χ0v) is 9.79. The van der Waals surface area contributed by atoms with Gasteiger partial charge >= 0.3 is 6.18 Å². The van der Waals surface area contributed by atoms with Crippen molar-refractivity contribution in [1.29, 1.82) is 0 Å². The number of aliphatic hydroxyl groups excluding tert-OH is 1. The van der Waals surface area contributed by atoms with E-state index in [0.29, 0.717) is 0 Å². The minimum atomic E-state index is -4.49. The number of ether oxygens (including phenoxy) is 1. The monoisotopic (exact) mass is 264 g/mol. The van der Waals surface area contributed by atoms with Crippen LogP contribution in [0.2, 0.25) is 0 Å². The number of hydrogen-bond donors (Lipinski definition) is 3. The lowest BCUT2D eigenvalue weighted by atomic mass is 10.1. The van der Waals surface area contributed by atoms with E-state index in [1.807, 2.05) is 0 Å². The first-order valence-corrected chi connectivity index (χ1v) is 5.22. The van der Waals surface area contributed by atoms with Crippen LogP contribution in [0.5, 0.6) is 0 Å². The van der Waals surface area contributed by atoms with Gasteiger partial charge in [0, 0.05) is 25.0 Å². The lowest BCUT2D eigenvalue weighted by Crippen LogP contribution is -2.24. The molecule has 0 amide bonds. The van der Waals surface area contributed by atoms with Crippen molar-refractivity contribution < 1.29 is 23.0 Å². The van der Waals surface area contributed by atoms with E-state index < -0.39 is 17.8 Å². The Morgan fingerprint density at radius 1 is 1.44 bits per heavy atom. The summed E-state index contributed by atoms with van der Waals surface area (Å²) in [6.07, 6.45) is -5.28. The molecule has 1 rings (SSSR count). The van der Waals surface area contributed by atoms with Crippen LogP contribution in [-0.2, 0) is 10.9 Å². The first-order chi connectivity index (χ1) is 8.34. The third kappa shape index (κ3) is 4.08. The predicted molar refractivity (Wildman–Crippen MR) is 62.2 cm³/mol. The summed E-state index contributed by atoms with van der Waals surface area (Å²) in [6.45, 7) is 0.198. The van der Waals surface area contributed by atoms with Crippen molar-refractivity contribution in [3.05, 3.63) is 23.8 Å². The van der Waals surface area contributed by atoms with Crippen molar-refractivity contribution >= 4 is 11.4 Å². The highest BCUT2D eigenvalue weighted by molar-refractivity contribution is 5.58. The second kappa shape index (κ2) is 5.92. The normalized spacial score (nSPS) is 13.4. The van der Waals surface area contributed by atoms with Gasteiger partial charge in [-0.1, -0.05) is 0 Å². The van der Waals surface area contributed by atoms with E-state index in [1.54, 1.807) is 0 Å². The van der Waals surface area contributed by atoms with Gasteiger partial charge in [-0.15, -0.1) is 0 Å². The van der Waals surface area contributed by atoms with Crippen LogP contribution in [-0.4, -0.2) is 31.5 Å². The number of hydrogen-bond acceptors (Lipinski definition) is 4. The van der Waals surface area contributed by atoms with E-state index in [1.165, 1.54) is 19.2 Å². The van der Waals surface area contributed by atoms with E-state index in [9.17, 15) is 18.3 Å². The maximum atomic E-state index is 12.6. The Morgan fingerprint density at radius 3 is 2.67 bits per heavy atom. The standard InChI is InChI=1S/C11H15F3N2O2/c1-18-6-8(17)5-16-7-2-3-10(15)9(4-7)11(12,13)14/h2-4,8,16-17H,5-6,15H2,1H3. The predicted octanol–water partition coefficient (Wildman–Crippen LogP) is 1.71. The molecule has 0 saturated heterocycles. The fourth-order valence-corrected chi connectivity index (χ4v) is 1.40. The molecule has 0 spiro atoms. The molecule has 0 heterocycles. The maximum absolute atomic E-state index is 12.6. The van der Waals surface area contributed by atoms with Gasteiger partial charge < -0.3 is 20.9 Å². The molecule has 1 atom stereocenters. The number of methoxy groups -OCH3 is 1. The third-order valence-corrected chi connectivity index (χ3v) is 2.26. The summed E-state index contributed by atoms with van der Waals surface area (Å²) in [5.74, 6) is 0. The fourth-order valence-electron chi connectivity index (χ4n) is 1.40. The van der Waals surface area contributed by atoms with E-state index in [0.717, 1.165) is 6.07 Å². The Hall–Kier alpha value is -1.47. The smallest absolute Gasteiger partial charge is 0.398 e. The minimum absolute atomic E-state index is 0.0923.